The Kier molecular flexibility index (Phi) is 4.48. The Labute approximate surface area is 135 Å². The van der Waals surface area contributed by atoms with Crippen LogP contribution >= 0.6 is 0 Å². The van der Waals surface area contributed by atoms with Gasteiger partial charge < -0.3 is 14.2 Å². The van der Waals surface area contributed by atoms with Crippen molar-refractivity contribution in [3.05, 3.63) is 46.4 Å². The lowest BCUT2D eigenvalue weighted by Crippen LogP contribution is -2.26. The zero-order valence-electron chi connectivity index (χ0n) is 13.6. The second-order valence-corrected chi connectivity index (χ2v) is 6.11. The Bertz CT molecular complexity index is 781. The third-order valence-electron chi connectivity index (χ3n) is 4.67. The summed E-state index contributed by atoms with van der Waals surface area (Å²) in [6.07, 6.45) is 2.98. The molecule has 0 saturated carbocycles. The fourth-order valence-corrected chi connectivity index (χ4v) is 3.30. The molecule has 1 atom stereocenters. The summed E-state index contributed by atoms with van der Waals surface area (Å²) in [7, 11) is 1.34. The highest BCUT2D eigenvalue weighted by atomic mass is 16.5. The summed E-state index contributed by atoms with van der Waals surface area (Å²) in [5.41, 5.74) is 0.371. The highest BCUT2D eigenvalue weighted by Gasteiger charge is 2.22. The Morgan fingerprint density at radius 2 is 2.17 bits per heavy atom. The summed E-state index contributed by atoms with van der Waals surface area (Å²) < 4.78 is 6.50. The van der Waals surface area contributed by atoms with Gasteiger partial charge in [-0.2, -0.15) is 0 Å². The molecule has 2 heterocycles. The summed E-state index contributed by atoms with van der Waals surface area (Å²) in [4.78, 5) is 26.8. The molecule has 2 aromatic rings. The van der Waals surface area contributed by atoms with Crippen molar-refractivity contribution in [2.24, 2.45) is 5.92 Å². The molecule has 0 radical (unpaired) electrons. The van der Waals surface area contributed by atoms with Gasteiger partial charge in [0.15, 0.2) is 0 Å². The van der Waals surface area contributed by atoms with Gasteiger partial charge in [-0.1, -0.05) is 13.0 Å². The average molecular weight is 314 g/mol. The second kappa shape index (κ2) is 6.54. The zero-order chi connectivity index (χ0) is 16.4. The predicted octanol–water partition coefficient (Wildman–Crippen LogP) is 2.13. The minimum absolute atomic E-state index is 0.0387. The molecular weight excluding hydrogens is 292 g/mol. The topological polar surface area (TPSA) is 51.5 Å². The quantitative estimate of drug-likeness (QED) is 0.811. The van der Waals surface area contributed by atoms with Crippen LogP contribution in [-0.2, 0) is 11.3 Å². The van der Waals surface area contributed by atoms with Gasteiger partial charge in [0.25, 0.3) is 5.56 Å². The monoisotopic (exact) mass is 314 g/mol. The van der Waals surface area contributed by atoms with Gasteiger partial charge in [0.1, 0.15) is 0 Å². The van der Waals surface area contributed by atoms with Crippen LogP contribution in [0.4, 0.5) is 0 Å². The molecule has 1 aromatic carbocycles. The first-order chi connectivity index (χ1) is 11.1. The van der Waals surface area contributed by atoms with Gasteiger partial charge in [-0.25, -0.2) is 4.79 Å². The molecule has 0 bridgehead atoms. The van der Waals surface area contributed by atoms with Crippen molar-refractivity contribution in [2.75, 3.05) is 26.7 Å². The fourth-order valence-electron chi connectivity index (χ4n) is 3.30. The molecule has 23 heavy (non-hydrogen) atoms. The molecule has 1 aliphatic rings. The Hall–Kier alpha value is -2.14. The number of carbonyl (C=O) groups is 1. The van der Waals surface area contributed by atoms with Gasteiger partial charge in [0.05, 0.1) is 12.7 Å². The van der Waals surface area contributed by atoms with Crippen LogP contribution in [0, 0.1) is 5.92 Å². The highest BCUT2D eigenvalue weighted by Crippen LogP contribution is 2.18. The Morgan fingerprint density at radius 3 is 2.87 bits per heavy atom. The Balaban J connectivity index is 1.91. The van der Waals surface area contributed by atoms with Crippen LogP contribution in [0.1, 0.15) is 23.7 Å². The molecule has 1 fully saturated rings. The molecule has 1 aromatic heterocycles. The number of methoxy groups -OCH3 is 1. The number of benzene rings is 1. The van der Waals surface area contributed by atoms with Gasteiger partial charge in [-0.05, 0) is 49.0 Å². The number of nitrogens with zero attached hydrogens (tertiary/aromatic N) is 2. The molecule has 5 heteroatoms. The number of ether oxygens (including phenoxy) is 1. The lowest BCUT2D eigenvalue weighted by Gasteiger charge is -2.15. The largest absolute Gasteiger partial charge is 0.465 e. The van der Waals surface area contributed by atoms with E-state index in [1.807, 2.05) is 12.3 Å². The SMILES string of the molecule is CCN1CC[C@H](Cn2ccc3ccc(C(=O)OC)cc3c2=O)C1. The molecular formula is C18H22N2O3. The molecule has 3 rings (SSSR count). The van der Waals surface area contributed by atoms with E-state index in [1.165, 1.54) is 7.11 Å². The average Bonchev–Trinajstić information content (AvgIpc) is 3.04. The first kappa shape index (κ1) is 15.7. The van der Waals surface area contributed by atoms with Crippen LogP contribution in [0.2, 0.25) is 0 Å². The van der Waals surface area contributed by atoms with Crippen molar-refractivity contribution in [3.8, 4) is 0 Å². The maximum atomic E-state index is 12.7. The van der Waals surface area contributed by atoms with Crippen molar-refractivity contribution in [3.63, 3.8) is 0 Å². The summed E-state index contributed by atoms with van der Waals surface area (Å²) in [6.45, 7) is 6.11. The number of hydrogen-bond acceptors (Lipinski definition) is 4. The number of fused-ring (bicyclic) bond motifs is 1. The van der Waals surface area contributed by atoms with E-state index in [0.29, 0.717) is 16.9 Å². The van der Waals surface area contributed by atoms with E-state index >= 15 is 0 Å². The van der Waals surface area contributed by atoms with Crippen LogP contribution in [0.25, 0.3) is 10.8 Å². The van der Waals surface area contributed by atoms with Crippen LogP contribution < -0.4 is 5.56 Å². The maximum absolute atomic E-state index is 12.7. The number of pyridine rings is 1. The standard InChI is InChI=1S/C18H22N2O3/c1-3-19-8-6-13(11-19)12-20-9-7-14-4-5-15(18(22)23-2)10-16(14)17(20)21/h4-5,7,9-10,13H,3,6,8,11-12H2,1-2H3/t13-/m0/s1. The summed E-state index contributed by atoms with van der Waals surface area (Å²) in [5.74, 6) is 0.0879. The van der Waals surface area contributed by atoms with E-state index < -0.39 is 5.97 Å². The molecule has 0 spiro atoms. The van der Waals surface area contributed by atoms with Crippen molar-refractivity contribution in [2.45, 2.75) is 19.9 Å². The summed E-state index contributed by atoms with van der Waals surface area (Å²) in [6, 6.07) is 7.05. The van der Waals surface area contributed by atoms with E-state index in [1.54, 1.807) is 22.8 Å². The third kappa shape index (κ3) is 3.15. The van der Waals surface area contributed by atoms with Crippen LogP contribution in [0.15, 0.2) is 35.3 Å². The summed E-state index contributed by atoms with van der Waals surface area (Å²) >= 11 is 0. The van der Waals surface area contributed by atoms with Crippen molar-refractivity contribution >= 4 is 16.7 Å². The smallest absolute Gasteiger partial charge is 0.337 e. The number of likely N-dealkylation sites (tertiary alicyclic amines) is 1. The van der Waals surface area contributed by atoms with E-state index in [-0.39, 0.29) is 5.56 Å². The van der Waals surface area contributed by atoms with Gasteiger partial charge in [-0.15, -0.1) is 0 Å². The minimum atomic E-state index is -0.420. The van der Waals surface area contributed by atoms with Crippen LogP contribution in [0.3, 0.4) is 0 Å². The Morgan fingerprint density at radius 1 is 1.35 bits per heavy atom. The molecule has 1 saturated heterocycles. The maximum Gasteiger partial charge on any atom is 0.337 e. The number of carbonyl (C=O) groups excluding carboxylic acids is 1. The van der Waals surface area contributed by atoms with E-state index in [9.17, 15) is 9.59 Å². The van der Waals surface area contributed by atoms with E-state index in [2.05, 4.69) is 11.8 Å². The van der Waals surface area contributed by atoms with E-state index in [4.69, 9.17) is 4.74 Å². The number of aromatic nitrogens is 1. The molecule has 0 aliphatic carbocycles. The van der Waals surface area contributed by atoms with Gasteiger partial charge in [0, 0.05) is 24.7 Å². The van der Waals surface area contributed by atoms with Crippen molar-refractivity contribution < 1.29 is 9.53 Å². The van der Waals surface area contributed by atoms with E-state index in [0.717, 1.165) is 38.0 Å². The number of rotatable bonds is 4. The van der Waals surface area contributed by atoms with Crippen LogP contribution in [-0.4, -0.2) is 42.2 Å². The zero-order valence-corrected chi connectivity index (χ0v) is 13.6. The first-order valence-electron chi connectivity index (χ1n) is 8.06. The lowest BCUT2D eigenvalue weighted by molar-refractivity contribution is 0.0601. The minimum Gasteiger partial charge on any atom is -0.465 e. The normalized spacial score (nSPS) is 18.4. The molecule has 0 N–H and O–H groups in total. The van der Waals surface area contributed by atoms with Crippen molar-refractivity contribution in [1.82, 2.24) is 9.47 Å². The fraction of sp³-hybridized carbons (Fsp3) is 0.444. The van der Waals surface area contributed by atoms with Gasteiger partial charge in [0.2, 0.25) is 0 Å². The first-order valence-corrected chi connectivity index (χ1v) is 8.06. The van der Waals surface area contributed by atoms with Crippen molar-refractivity contribution in [1.29, 1.82) is 0 Å². The number of hydrogen-bond donors (Lipinski definition) is 0. The lowest BCUT2D eigenvalue weighted by atomic mass is 10.1. The van der Waals surface area contributed by atoms with Gasteiger partial charge >= 0.3 is 5.97 Å². The molecule has 5 nitrogen and oxygen atoms in total. The molecule has 122 valence electrons. The number of esters is 1. The third-order valence-corrected chi connectivity index (χ3v) is 4.67. The highest BCUT2D eigenvalue weighted by molar-refractivity contribution is 5.95. The molecule has 0 unspecified atom stereocenters. The predicted molar refractivity (Wildman–Crippen MR) is 89.8 cm³/mol. The van der Waals surface area contributed by atoms with Crippen LogP contribution in [0.5, 0.6) is 0 Å². The van der Waals surface area contributed by atoms with Gasteiger partial charge in [-0.3, -0.25) is 4.79 Å². The summed E-state index contributed by atoms with van der Waals surface area (Å²) in [5, 5.41) is 1.42. The second-order valence-electron chi connectivity index (χ2n) is 6.11. The molecule has 1 aliphatic heterocycles. The molecule has 0 amide bonds.